The van der Waals surface area contributed by atoms with E-state index in [1.165, 1.54) is 0 Å². The number of amides is 1. The minimum Gasteiger partial charge on any atom is -0.367 e. The number of fused-ring (bicyclic) bond motifs is 2. The third kappa shape index (κ3) is 3.96. The molecule has 36 heavy (non-hydrogen) atoms. The molecule has 1 amide bonds. The number of hydrogen-bond acceptors (Lipinski definition) is 5. The van der Waals surface area contributed by atoms with Crippen LogP contribution in [-0.2, 0) is 0 Å². The van der Waals surface area contributed by atoms with Crippen molar-refractivity contribution in [3.8, 4) is 22.5 Å². The summed E-state index contributed by atoms with van der Waals surface area (Å²) in [7, 11) is 0. The SMILES string of the molecule is CC(C)CNc1nc(-c2cccc3cnccc23)cn2c(-c3ccc(C(N)=O)c(C4CC4)c3)cnc12. The molecule has 6 rings (SSSR count). The molecule has 1 saturated carbocycles. The van der Waals surface area contributed by atoms with Gasteiger partial charge in [0, 0.05) is 47.2 Å². The van der Waals surface area contributed by atoms with Crippen molar-refractivity contribution >= 4 is 28.1 Å². The molecule has 0 radical (unpaired) electrons. The fraction of sp³-hybridized carbons (Fsp3) is 0.241. The predicted octanol–water partition coefficient (Wildman–Crippen LogP) is 5.66. The molecule has 1 aliphatic carbocycles. The Labute approximate surface area is 209 Å². The number of nitrogens with one attached hydrogen (secondary N) is 1. The Balaban J connectivity index is 1.56. The van der Waals surface area contributed by atoms with Gasteiger partial charge in [0.2, 0.25) is 5.91 Å². The van der Waals surface area contributed by atoms with Gasteiger partial charge in [0.05, 0.1) is 17.6 Å². The van der Waals surface area contributed by atoms with E-state index in [1.54, 1.807) is 0 Å². The van der Waals surface area contributed by atoms with Gasteiger partial charge >= 0.3 is 0 Å². The first kappa shape index (κ1) is 22.2. The van der Waals surface area contributed by atoms with E-state index in [1.807, 2.05) is 49.1 Å². The maximum absolute atomic E-state index is 12.0. The first-order valence-corrected chi connectivity index (χ1v) is 12.4. The number of aromatic nitrogens is 4. The number of nitrogens with zero attached hydrogens (tertiary/aromatic N) is 4. The molecule has 3 heterocycles. The maximum Gasteiger partial charge on any atom is 0.248 e. The van der Waals surface area contributed by atoms with Crippen LogP contribution in [0, 0.1) is 5.92 Å². The lowest BCUT2D eigenvalue weighted by Crippen LogP contribution is -2.13. The molecule has 5 aromatic rings. The van der Waals surface area contributed by atoms with Crippen molar-refractivity contribution in [1.82, 2.24) is 19.4 Å². The molecule has 0 saturated heterocycles. The quantitative estimate of drug-likeness (QED) is 0.316. The van der Waals surface area contributed by atoms with Crippen LogP contribution in [0.15, 0.2) is 67.3 Å². The van der Waals surface area contributed by atoms with Crippen LogP contribution in [0.4, 0.5) is 5.82 Å². The highest BCUT2D eigenvalue weighted by Crippen LogP contribution is 2.43. The number of imidazole rings is 1. The van der Waals surface area contributed by atoms with E-state index in [4.69, 9.17) is 15.7 Å². The summed E-state index contributed by atoms with van der Waals surface area (Å²) in [5, 5.41) is 5.67. The lowest BCUT2D eigenvalue weighted by molar-refractivity contribution is 0.0999. The van der Waals surface area contributed by atoms with Gasteiger partial charge in [-0.1, -0.05) is 38.1 Å². The summed E-state index contributed by atoms with van der Waals surface area (Å²) in [6.45, 7) is 5.12. The van der Waals surface area contributed by atoms with Crippen LogP contribution < -0.4 is 11.1 Å². The van der Waals surface area contributed by atoms with E-state index >= 15 is 0 Å². The largest absolute Gasteiger partial charge is 0.367 e. The molecule has 3 N–H and O–H groups in total. The Hall–Kier alpha value is -4.26. The van der Waals surface area contributed by atoms with Crippen molar-refractivity contribution < 1.29 is 4.79 Å². The minimum absolute atomic E-state index is 0.376. The number of anilines is 1. The van der Waals surface area contributed by atoms with E-state index in [9.17, 15) is 4.79 Å². The Morgan fingerprint density at radius 3 is 2.81 bits per heavy atom. The standard InChI is InChI=1S/C29H28N6O/c1-17(2)13-32-28-29-33-15-26(19-8-9-23(27(30)36)24(12-19)18-6-7-18)35(29)16-25(34-28)22-5-3-4-20-14-31-11-10-21(20)22/h3-5,8-12,14-18H,6-7,13H2,1-2H3,(H2,30,36)(H,32,34). The van der Waals surface area contributed by atoms with Gasteiger partial charge < -0.3 is 11.1 Å². The molecule has 0 bridgehead atoms. The molecule has 2 aromatic carbocycles. The van der Waals surface area contributed by atoms with Gasteiger partial charge in [-0.25, -0.2) is 9.97 Å². The van der Waals surface area contributed by atoms with Crippen molar-refractivity contribution in [1.29, 1.82) is 0 Å². The van der Waals surface area contributed by atoms with Gasteiger partial charge in [0.15, 0.2) is 11.5 Å². The van der Waals surface area contributed by atoms with Crippen molar-refractivity contribution in [2.45, 2.75) is 32.6 Å². The average Bonchev–Trinajstić information content (AvgIpc) is 3.65. The first-order chi connectivity index (χ1) is 17.5. The number of hydrogen-bond donors (Lipinski definition) is 2. The minimum atomic E-state index is -0.376. The van der Waals surface area contributed by atoms with E-state index in [-0.39, 0.29) is 5.91 Å². The van der Waals surface area contributed by atoms with Crippen LogP contribution in [0.2, 0.25) is 0 Å². The molecule has 0 spiro atoms. The zero-order chi connectivity index (χ0) is 24.8. The van der Waals surface area contributed by atoms with E-state index in [0.717, 1.165) is 69.7 Å². The second-order valence-electron chi connectivity index (χ2n) is 9.93. The summed E-state index contributed by atoms with van der Waals surface area (Å²) in [5.74, 6) is 1.22. The predicted molar refractivity (Wildman–Crippen MR) is 143 cm³/mol. The lowest BCUT2D eigenvalue weighted by Gasteiger charge is -2.14. The smallest absolute Gasteiger partial charge is 0.248 e. The van der Waals surface area contributed by atoms with Gasteiger partial charge in [0.1, 0.15) is 0 Å². The molecule has 1 aliphatic rings. The molecule has 0 unspecified atom stereocenters. The van der Waals surface area contributed by atoms with Crippen molar-refractivity contribution in [3.05, 3.63) is 78.4 Å². The second kappa shape index (κ2) is 8.75. The first-order valence-electron chi connectivity index (χ1n) is 12.4. The normalized spacial score (nSPS) is 13.5. The molecule has 180 valence electrons. The topological polar surface area (TPSA) is 98.2 Å². The molecular weight excluding hydrogens is 448 g/mol. The number of rotatable bonds is 7. The van der Waals surface area contributed by atoms with Crippen LogP contribution in [0.1, 0.15) is 48.5 Å². The molecule has 1 fully saturated rings. The highest BCUT2D eigenvalue weighted by Gasteiger charge is 2.28. The number of nitrogens with two attached hydrogens (primary N) is 1. The van der Waals surface area contributed by atoms with Crippen LogP contribution in [-0.4, -0.2) is 31.8 Å². The summed E-state index contributed by atoms with van der Waals surface area (Å²) in [6, 6.07) is 14.1. The van der Waals surface area contributed by atoms with E-state index < -0.39 is 0 Å². The van der Waals surface area contributed by atoms with Gasteiger partial charge in [-0.2, -0.15) is 0 Å². The van der Waals surface area contributed by atoms with E-state index in [0.29, 0.717) is 17.4 Å². The van der Waals surface area contributed by atoms with Crippen LogP contribution in [0.25, 0.3) is 38.9 Å². The summed E-state index contributed by atoms with van der Waals surface area (Å²) in [5.41, 5.74) is 11.9. The van der Waals surface area contributed by atoms with Crippen LogP contribution in [0.3, 0.4) is 0 Å². The highest BCUT2D eigenvalue weighted by atomic mass is 16.1. The number of primary amides is 1. The number of carbonyl (C=O) groups excluding carboxylic acids is 1. The molecule has 0 aliphatic heterocycles. The molecule has 0 atom stereocenters. The zero-order valence-electron chi connectivity index (χ0n) is 20.4. The highest BCUT2D eigenvalue weighted by molar-refractivity contribution is 5.96. The summed E-state index contributed by atoms with van der Waals surface area (Å²) in [4.78, 5) is 26.1. The van der Waals surface area contributed by atoms with Crippen LogP contribution >= 0.6 is 0 Å². The maximum atomic E-state index is 12.0. The van der Waals surface area contributed by atoms with Crippen molar-refractivity contribution in [2.75, 3.05) is 11.9 Å². The third-order valence-electron chi connectivity index (χ3n) is 6.76. The van der Waals surface area contributed by atoms with Gasteiger partial charge in [-0.3, -0.25) is 14.2 Å². The van der Waals surface area contributed by atoms with Gasteiger partial charge in [-0.15, -0.1) is 0 Å². The lowest BCUT2D eigenvalue weighted by atomic mass is 9.98. The second-order valence-corrected chi connectivity index (χ2v) is 9.93. The number of carbonyl (C=O) groups is 1. The Morgan fingerprint density at radius 2 is 2.03 bits per heavy atom. The average molecular weight is 477 g/mol. The summed E-state index contributed by atoms with van der Waals surface area (Å²) >= 11 is 0. The van der Waals surface area contributed by atoms with Gasteiger partial charge in [-0.05, 0) is 53.8 Å². The zero-order valence-corrected chi connectivity index (χ0v) is 20.4. The molecule has 7 heteroatoms. The third-order valence-corrected chi connectivity index (χ3v) is 6.76. The fourth-order valence-electron chi connectivity index (χ4n) is 4.78. The molecule has 7 nitrogen and oxygen atoms in total. The van der Waals surface area contributed by atoms with Crippen molar-refractivity contribution in [3.63, 3.8) is 0 Å². The van der Waals surface area contributed by atoms with E-state index in [2.05, 4.69) is 46.7 Å². The fourth-order valence-corrected chi connectivity index (χ4v) is 4.78. The van der Waals surface area contributed by atoms with Crippen molar-refractivity contribution in [2.24, 2.45) is 11.7 Å². The summed E-state index contributed by atoms with van der Waals surface area (Å²) < 4.78 is 2.10. The Morgan fingerprint density at radius 1 is 1.17 bits per heavy atom. The van der Waals surface area contributed by atoms with Crippen LogP contribution in [0.5, 0.6) is 0 Å². The van der Waals surface area contributed by atoms with Gasteiger partial charge in [0.25, 0.3) is 0 Å². The number of pyridine rings is 1. The molecule has 3 aromatic heterocycles. The Kier molecular flexibility index (Phi) is 5.40. The molecular formula is C29H28N6O. The number of benzene rings is 2. The summed E-state index contributed by atoms with van der Waals surface area (Å²) in [6.07, 6.45) is 9.78. The Bertz CT molecular complexity index is 1610. The monoisotopic (exact) mass is 476 g/mol.